The van der Waals surface area contributed by atoms with Crippen LogP contribution in [0.3, 0.4) is 0 Å². The molecule has 0 bridgehead atoms. The maximum atomic E-state index is 5.47. The van der Waals surface area contributed by atoms with Crippen molar-refractivity contribution in [3.8, 4) is 5.75 Å². The van der Waals surface area contributed by atoms with Gasteiger partial charge in [0.2, 0.25) is 0 Å². The van der Waals surface area contributed by atoms with Crippen LogP contribution in [0.1, 0.15) is 23.1 Å². The van der Waals surface area contributed by atoms with Crippen LogP contribution in [0, 0.1) is 6.92 Å². The Hall–Kier alpha value is -1.35. The van der Waals surface area contributed by atoms with Crippen LogP contribution in [-0.2, 0) is 13.1 Å². The molecule has 0 radical (unpaired) electrons. The fraction of sp³-hybridized carbons (Fsp3) is 0.412. The first kappa shape index (κ1) is 20.7. The molecule has 0 aliphatic rings. The second-order valence-electron chi connectivity index (χ2n) is 5.19. The molecule has 24 heavy (non-hydrogen) atoms. The van der Waals surface area contributed by atoms with E-state index >= 15 is 0 Å². The van der Waals surface area contributed by atoms with Gasteiger partial charge in [-0.3, -0.25) is 4.99 Å². The molecule has 7 heteroatoms. The number of aliphatic imine (C=N–C) groups is 1. The summed E-state index contributed by atoms with van der Waals surface area (Å²) in [6.07, 6.45) is 0. The van der Waals surface area contributed by atoms with Crippen molar-refractivity contribution in [3.05, 3.63) is 45.9 Å². The third-order valence-corrected chi connectivity index (χ3v) is 4.41. The topological polar surface area (TPSA) is 49.8 Å². The molecule has 0 unspecified atom stereocenters. The van der Waals surface area contributed by atoms with E-state index < -0.39 is 0 Å². The lowest BCUT2D eigenvalue weighted by molar-refractivity contribution is 0.340. The summed E-state index contributed by atoms with van der Waals surface area (Å²) in [4.78, 5) is 12.0. The predicted octanol–water partition coefficient (Wildman–Crippen LogP) is 3.68. The Morgan fingerprint density at radius 1 is 1.33 bits per heavy atom. The van der Waals surface area contributed by atoms with Gasteiger partial charge in [-0.25, -0.2) is 4.98 Å². The molecule has 0 saturated heterocycles. The molecule has 0 aliphatic heterocycles. The van der Waals surface area contributed by atoms with Crippen LogP contribution >= 0.6 is 35.3 Å². The summed E-state index contributed by atoms with van der Waals surface area (Å²) in [6.45, 7) is 6.24. The first-order valence-corrected chi connectivity index (χ1v) is 8.54. The molecular weight excluding hydrogens is 435 g/mol. The van der Waals surface area contributed by atoms with Gasteiger partial charge in [0, 0.05) is 25.5 Å². The zero-order valence-electron chi connectivity index (χ0n) is 14.6. The summed E-state index contributed by atoms with van der Waals surface area (Å²) >= 11 is 1.66. The van der Waals surface area contributed by atoms with Gasteiger partial charge in [0.25, 0.3) is 0 Å². The van der Waals surface area contributed by atoms with Crippen LogP contribution in [-0.4, -0.2) is 36.5 Å². The fourth-order valence-corrected chi connectivity index (χ4v) is 2.96. The van der Waals surface area contributed by atoms with E-state index in [0.717, 1.165) is 30.5 Å². The van der Waals surface area contributed by atoms with Crippen molar-refractivity contribution in [1.82, 2.24) is 15.2 Å². The largest absolute Gasteiger partial charge is 0.494 e. The second-order valence-corrected chi connectivity index (χ2v) is 6.13. The Morgan fingerprint density at radius 3 is 2.58 bits per heavy atom. The van der Waals surface area contributed by atoms with Gasteiger partial charge in [0.1, 0.15) is 5.75 Å². The molecule has 0 aliphatic carbocycles. The van der Waals surface area contributed by atoms with Crippen LogP contribution in [0.4, 0.5) is 0 Å². The van der Waals surface area contributed by atoms with Crippen molar-refractivity contribution < 1.29 is 4.74 Å². The number of benzene rings is 1. The number of hydrogen-bond acceptors (Lipinski definition) is 4. The lowest BCUT2D eigenvalue weighted by atomic mass is 10.2. The molecule has 0 saturated carbocycles. The summed E-state index contributed by atoms with van der Waals surface area (Å²) in [5.41, 5.74) is 4.17. The average Bonchev–Trinajstić information content (AvgIpc) is 2.95. The van der Waals surface area contributed by atoms with Gasteiger partial charge >= 0.3 is 0 Å². The van der Waals surface area contributed by atoms with Gasteiger partial charge in [-0.05, 0) is 31.5 Å². The number of aryl methyl sites for hydroxylation is 1. The van der Waals surface area contributed by atoms with E-state index in [-0.39, 0.29) is 24.0 Å². The van der Waals surface area contributed by atoms with Crippen LogP contribution < -0.4 is 10.1 Å². The van der Waals surface area contributed by atoms with Crippen LogP contribution in [0.5, 0.6) is 5.75 Å². The number of guanidine groups is 1. The highest BCUT2D eigenvalue weighted by Gasteiger charge is 2.08. The molecule has 0 fully saturated rings. The van der Waals surface area contributed by atoms with Gasteiger partial charge in [-0.2, -0.15) is 0 Å². The Labute approximate surface area is 165 Å². The maximum Gasteiger partial charge on any atom is 0.193 e. The van der Waals surface area contributed by atoms with Crippen molar-refractivity contribution in [2.24, 2.45) is 4.99 Å². The summed E-state index contributed by atoms with van der Waals surface area (Å²) in [5.74, 6) is 1.77. The Balaban J connectivity index is 0.00000288. The van der Waals surface area contributed by atoms with Crippen molar-refractivity contribution in [2.75, 3.05) is 20.7 Å². The molecule has 0 spiro atoms. The van der Waals surface area contributed by atoms with Crippen molar-refractivity contribution in [3.63, 3.8) is 0 Å². The minimum atomic E-state index is 0. The molecule has 1 aromatic heterocycles. The molecule has 1 heterocycles. The Bertz CT molecular complexity index is 642. The van der Waals surface area contributed by atoms with E-state index in [1.165, 1.54) is 10.4 Å². The predicted molar refractivity (Wildman–Crippen MR) is 112 cm³/mol. The first-order chi connectivity index (χ1) is 11.1. The van der Waals surface area contributed by atoms with E-state index in [9.17, 15) is 0 Å². The highest BCUT2D eigenvalue weighted by molar-refractivity contribution is 14.0. The quantitative estimate of drug-likeness (QED) is 0.406. The van der Waals surface area contributed by atoms with Crippen molar-refractivity contribution in [1.29, 1.82) is 0 Å². The molecule has 132 valence electrons. The van der Waals surface area contributed by atoms with E-state index in [0.29, 0.717) is 6.61 Å². The molecule has 5 nitrogen and oxygen atoms in total. The Kier molecular flexibility index (Phi) is 9.05. The Morgan fingerprint density at radius 2 is 2.04 bits per heavy atom. The number of ether oxygens (including phenoxy) is 1. The zero-order valence-corrected chi connectivity index (χ0v) is 17.7. The molecule has 1 aromatic carbocycles. The zero-order chi connectivity index (χ0) is 16.7. The first-order valence-electron chi connectivity index (χ1n) is 7.66. The van der Waals surface area contributed by atoms with Crippen LogP contribution in [0.15, 0.2) is 34.8 Å². The smallest absolute Gasteiger partial charge is 0.193 e. The van der Waals surface area contributed by atoms with E-state index in [2.05, 4.69) is 32.3 Å². The summed E-state index contributed by atoms with van der Waals surface area (Å²) < 4.78 is 5.47. The van der Waals surface area contributed by atoms with Crippen molar-refractivity contribution in [2.45, 2.75) is 26.9 Å². The number of halogens is 1. The molecule has 2 rings (SSSR count). The number of aromatic nitrogens is 1. The molecule has 0 atom stereocenters. The molecule has 2 aromatic rings. The molecular formula is C17H25IN4OS. The van der Waals surface area contributed by atoms with E-state index in [1.807, 2.05) is 38.5 Å². The monoisotopic (exact) mass is 460 g/mol. The highest BCUT2D eigenvalue weighted by Crippen LogP contribution is 2.14. The molecule has 1 N–H and O–H groups in total. The molecule has 0 amide bonds. The van der Waals surface area contributed by atoms with E-state index in [4.69, 9.17) is 4.74 Å². The summed E-state index contributed by atoms with van der Waals surface area (Å²) in [5, 5.41) is 3.39. The number of rotatable bonds is 6. The summed E-state index contributed by atoms with van der Waals surface area (Å²) in [7, 11) is 3.84. The maximum absolute atomic E-state index is 5.47. The SMILES string of the molecule is CCOc1ccc(CN(C)C(=NC)NCc2scnc2C)cc1.I. The van der Waals surface area contributed by atoms with Gasteiger partial charge in [-0.1, -0.05) is 12.1 Å². The fourth-order valence-electron chi connectivity index (χ4n) is 2.25. The number of thiazole rings is 1. The third kappa shape index (κ3) is 5.94. The van der Waals surface area contributed by atoms with Gasteiger partial charge in [0.15, 0.2) is 5.96 Å². The van der Waals surface area contributed by atoms with Gasteiger partial charge < -0.3 is 15.0 Å². The van der Waals surface area contributed by atoms with Crippen LogP contribution in [0.25, 0.3) is 0 Å². The lowest BCUT2D eigenvalue weighted by Gasteiger charge is -2.22. The third-order valence-electron chi connectivity index (χ3n) is 3.48. The number of nitrogens with zero attached hydrogens (tertiary/aromatic N) is 3. The lowest BCUT2D eigenvalue weighted by Crippen LogP contribution is -2.38. The number of hydrogen-bond donors (Lipinski definition) is 1. The second kappa shape index (κ2) is 10.5. The average molecular weight is 460 g/mol. The van der Waals surface area contributed by atoms with E-state index in [1.54, 1.807) is 18.4 Å². The van der Waals surface area contributed by atoms with Gasteiger partial charge in [0.05, 0.1) is 24.4 Å². The standard InChI is InChI=1S/C17H24N4OS.HI/c1-5-22-15-8-6-14(7-9-15)11-21(4)17(18-3)19-10-16-13(2)20-12-23-16;/h6-9,12H,5,10-11H2,1-4H3,(H,18,19);1H. The minimum absolute atomic E-state index is 0. The normalized spacial score (nSPS) is 10.9. The summed E-state index contributed by atoms with van der Waals surface area (Å²) in [6, 6.07) is 8.18. The minimum Gasteiger partial charge on any atom is -0.494 e. The highest BCUT2D eigenvalue weighted by atomic mass is 127. The van der Waals surface area contributed by atoms with Crippen molar-refractivity contribution >= 4 is 41.3 Å². The van der Waals surface area contributed by atoms with Gasteiger partial charge in [-0.15, -0.1) is 35.3 Å². The number of nitrogens with one attached hydrogen (secondary N) is 1. The van der Waals surface area contributed by atoms with Crippen LogP contribution in [0.2, 0.25) is 0 Å².